The average Bonchev–Trinajstić information content (AvgIpc) is 3.41. The highest BCUT2D eigenvalue weighted by atomic mass is 16.8. The first-order chi connectivity index (χ1) is 19.9. The van der Waals surface area contributed by atoms with Crippen LogP contribution in [0, 0.1) is 22.7 Å². The standard InChI is InChI=1S/C29H42O13/c1-28-11-16(13-9-20(36-3)42-26(13)38-5)39-25(35)15(28)10-19(29(2)14(24(34)37-4)7-6-8-18(28)29)41-27-23(33)22(32)21(31)17(12-30)40-27/h7,9,15-23,26-27,30-33H,6,8,10-12H2,1-5H3. The van der Waals surface area contributed by atoms with E-state index in [2.05, 4.69) is 0 Å². The van der Waals surface area contributed by atoms with Crippen molar-refractivity contribution in [2.75, 3.05) is 27.9 Å². The molecule has 4 N–H and O–H groups in total. The third-order valence-electron chi connectivity index (χ3n) is 10.2. The number of aliphatic hydroxyl groups is 4. The zero-order valence-electron chi connectivity index (χ0n) is 24.5. The number of fused-ring (bicyclic) bond motifs is 3. The number of hydrogen-bond donors (Lipinski definition) is 4. The van der Waals surface area contributed by atoms with Crippen LogP contribution in [0.1, 0.15) is 39.5 Å². The van der Waals surface area contributed by atoms with Crippen LogP contribution in [0.15, 0.2) is 23.3 Å². The van der Waals surface area contributed by atoms with E-state index < -0.39 is 90.8 Å². The third-order valence-corrected chi connectivity index (χ3v) is 10.2. The van der Waals surface area contributed by atoms with E-state index >= 15 is 0 Å². The molecule has 236 valence electrons. The van der Waals surface area contributed by atoms with E-state index in [1.165, 1.54) is 21.3 Å². The Balaban J connectivity index is 1.52. The third kappa shape index (κ3) is 4.92. The van der Waals surface area contributed by atoms with Gasteiger partial charge in [-0.15, -0.1) is 0 Å². The lowest BCUT2D eigenvalue weighted by molar-refractivity contribution is -0.328. The zero-order chi connectivity index (χ0) is 30.6. The predicted molar refractivity (Wildman–Crippen MR) is 141 cm³/mol. The van der Waals surface area contributed by atoms with Gasteiger partial charge in [0.05, 0.1) is 25.7 Å². The van der Waals surface area contributed by atoms with E-state index in [-0.39, 0.29) is 12.3 Å². The predicted octanol–water partition coefficient (Wildman–Crippen LogP) is -0.0695. The topological polar surface area (TPSA) is 180 Å². The normalized spacial score (nSPS) is 47.1. The van der Waals surface area contributed by atoms with Crippen LogP contribution in [-0.4, -0.2) is 116 Å². The number of aliphatic hydroxyl groups excluding tert-OH is 4. The van der Waals surface area contributed by atoms with Crippen LogP contribution in [0.3, 0.4) is 0 Å². The average molecular weight is 599 g/mol. The number of cyclic esters (lactones) is 1. The van der Waals surface area contributed by atoms with Crippen molar-refractivity contribution in [1.29, 1.82) is 0 Å². The second-order valence-corrected chi connectivity index (χ2v) is 12.2. The molecule has 5 rings (SSSR count). The van der Waals surface area contributed by atoms with Gasteiger partial charge in [0.15, 0.2) is 18.9 Å². The Morgan fingerprint density at radius 2 is 1.81 bits per heavy atom. The summed E-state index contributed by atoms with van der Waals surface area (Å²) in [5.74, 6) is -1.89. The number of hydrogen-bond acceptors (Lipinski definition) is 13. The van der Waals surface area contributed by atoms with Crippen LogP contribution < -0.4 is 0 Å². The molecule has 13 atom stereocenters. The fourth-order valence-electron chi connectivity index (χ4n) is 7.99. The summed E-state index contributed by atoms with van der Waals surface area (Å²) in [5.41, 5.74) is -0.627. The van der Waals surface area contributed by atoms with E-state index in [1.54, 1.807) is 6.08 Å². The maximum Gasteiger partial charge on any atom is 0.334 e. The molecule has 0 aromatic carbocycles. The quantitative estimate of drug-likeness (QED) is 0.226. The Bertz CT molecular complexity index is 1110. The van der Waals surface area contributed by atoms with Crippen molar-refractivity contribution in [1.82, 2.24) is 0 Å². The molecule has 0 radical (unpaired) electrons. The molecule has 13 nitrogen and oxygen atoms in total. The maximum atomic E-state index is 13.8. The SMILES string of the molecule is COC(=O)C1=CCCC2C3(C)CC(C4=CC(OC)OC4OC)OC(=O)C3CC(OC3OC(CO)C(O)C(O)C3O)C12C. The van der Waals surface area contributed by atoms with E-state index in [1.807, 2.05) is 19.9 Å². The lowest BCUT2D eigenvalue weighted by Crippen LogP contribution is -2.65. The van der Waals surface area contributed by atoms with Gasteiger partial charge in [0.2, 0.25) is 0 Å². The fourth-order valence-corrected chi connectivity index (χ4v) is 7.99. The van der Waals surface area contributed by atoms with Crippen molar-refractivity contribution in [3.8, 4) is 0 Å². The van der Waals surface area contributed by atoms with Gasteiger partial charge < -0.3 is 53.6 Å². The number of rotatable bonds is 7. The summed E-state index contributed by atoms with van der Waals surface area (Å²) in [4.78, 5) is 27.0. The van der Waals surface area contributed by atoms with Crippen LogP contribution >= 0.6 is 0 Å². The first kappa shape index (κ1) is 31.5. The molecular formula is C29H42O13. The number of ether oxygens (including phenoxy) is 7. The monoisotopic (exact) mass is 598 g/mol. The summed E-state index contributed by atoms with van der Waals surface area (Å²) in [6.45, 7) is 3.30. The summed E-state index contributed by atoms with van der Waals surface area (Å²) < 4.78 is 39.8. The van der Waals surface area contributed by atoms with Crippen molar-refractivity contribution in [3.05, 3.63) is 23.3 Å². The molecule has 0 bridgehead atoms. The number of allylic oxidation sites excluding steroid dienone is 1. The fraction of sp³-hybridized carbons (Fsp3) is 0.793. The molecule has 3 fully saturated rings. The highest BCUT2D eigenvalue weighted by Gasteiger charge is 2.66. The van der Waals surface area contributed by atoms with Gasteiger partial charge in [-0.3, -0.25) is 4.79 Å². The largest absolute Gasteiger partial charge is 0.466 e. The van der Waals surface area contributed by atoms with Gasteiger partial charge in [-0.1, -0.05) is 19.9 Å². The van der Waals surface area contributed by atoms with Crippen LogP contribution in [0.4, 0.5) is 0 Å². The second kappa shape index (κ2) is 11.9. The second-order valence-electron chi connectivity index (χ2n) is 12.2. The summed E-state index contributed by atoms with van der Waals surface area (Å²) in [6, 6.07) is 0. The number of carbonyl (C=O) groups excluding carboxylic acids is 2. The molecule has 3 heterocycles. The Morgan fingerprint density at radius 3 is 2.45 bits per heavy atom. The Labute approximate surface area is 244 Å². The van der Waals surface area contributed by atoms with Crippen LogP contribution in [-0.2, 0) is 42.7 Å². The Kier molecular flexibility index (Phi) is 8.89. The minimum absolute atomic E-state index is 0.113. The maximum absolute atomic E-state index is 13.8. The molecule has 13 unspecified atom stereocenters. The molecule has 0 aromatic heterocycles. The first-order valence-corrected chi connectivity index (χ1v) is 14.3. The number of methoxy groups -OCH3 is 3. The summed E-state index contributed by atoms with van der Waals surface area (Å²) in [6.07, 6.45) is -5.08. The molecule has 5 aliphatic rings. The first-order valence-electron chi connectivity index (χ1n) is 14.3. The van der Waals surface area contributed by atoms with Crippen LogP contribution in [0.2, 0.25) is 0 Å². The minimum Gasteiger partial charge on any atom is -0.466 e. The van der Waals surface area contributed by atoms with Gasteiger partial charge in [-0.05, 0) is 43.1 Å². The van der Waals surface area contributed by atoms with Gasteiger partial charge in [0, 0.05) is 30.8 Å². The lowest BCUT2D eigenvalue weighted by atomic mass is 9.44. The molecule has 0 spiro atoms. The molecular weight excluding hydrogens is 556 g/mol. The Hall–Kier alpha value is -1.94. The van der Waals surface area contributed by atoms with Crippen molar-refractivity contribution in [2.45, 2.75) is 95.0 Å². The molecule has 1 saturated carbocycles. The van der Waals surface area contributed by atoms with Crippen molar-refractivity contribution in [3.63, 3.8) is 0 Å². The molecule has 3 aliphatic heterocycles. The van der Waals surface area contributed by atoms with Crippen LogP contribution in [0.5, 0.6) is 0 Å². The van der Waals surface area contributed by atoms with Crippen LogP contribution in [0.25, 0.3) is 0 Å². The van der Waals surface area contributed by atoms with E-state index in [4.69, 9.17) is 33.2 Å². The van der Waals surface area contributed by atoms with E-state index in [9.17, 15) is 30.0 Å². The lowest BCUT2D eigenvalue weighted by Gasteiger charge is -2.62. The smallest absolute Gasteiger partial charge is 0.334 e. The number of carbonyl (C=O) groups is 2. The zero-order valence-corrected chi connectivity index (χ0v) is 24.5. The van der Waals surface area contributed by atoms with Gasteiger partial charge in [-0.2, -0.15) is 0 Å². The molecule has 0 amide bonds. The highest BCUT2D eigenvalue weighted by molar-refractivity contribution is 5.90. The molecule has 0 aromatic rings. The number of esters is 2. The van der Waals surface area contributed by atoms with E-state index in [0.717, 1.165) is 0 Å². The van der Waals surface area contributed by atoms with Crippen molar-refractivity contribution in [2.24, 2.45) is 22.7 Å². The van der Waals surface area contributed by atoms with Gasteiger partial charge in [0.25, 0.3) is 0 Å². The highest BCUT2D eigenvalue weighted by Crippen LogP contribution is 2.65. The summed E-state index contributed by atoms with van der Waals surface area (Å²) in [5, 5.41) is 41.1. The summed E-state index contributed by atoms with van der Waals surface area (Å²) in [7, 11) is 4.31. The molecule has 13 heteroatoms. The molecule has 2 aliphatic carbocycles. The van der Waals surface area contributed by atoms with Gasteiger partial charge in [0.1, 0.15) is 30.5 Å². The van der Waals surface area contributed by atoms with Crippen molar-refractivity contribution >= 4 is 11.9 Å². The van der Waals surface area contributed by atoms with Crippen molar-refractivity contribution < 1.29 is 63.2 Å². The Morgan fingerprint density at radius 1 is 1.07 bits per heavy atom. The van der Waals surface area contributed by atoms with Gasteiger partial charge >= 0.3 is 11.9 Å². The minimum atomic E-state index is -1.65. The van der Waals surface area contributed by atoms with Gasteiger partial charge in [-0.25, -0.2) is 4.79 Å². The van der Waals surface area contributed by atoms with E-state index in [0.29, 0.717) is 30.4 Å². The molecule has 2 saturated heterocycles. The molecule has 42 heavy (non-hydrogen) atoms. The summed E-state index contributed by atoms with van der Waals surface area (Å²) >= 11 is 0.